The molecule has 0 radical (unpaired) electrons. The first-order valence-corrected chi connectivity index (χ1v) is 15.3. The number of para-hydroxylation sites is 2. The van der Waals surface area contributed by atoms with Crippen LogP contribution in [-0.4, -0.2) is 5.04 Å². The van der Waals surface area contributed by atoms with E-state index in [1.54, 1.807) is 0 Å². The lowest BCUT2D eigenvalue weighted by atomic mass is 9.65. The molecule has 3 nitrogen and oxygen atoms in total. The van der Waals surface area contributed by atoms with E-state index in [1.165, 1.54) is 34.0 Å². The maximum Gasteiger partial charge on any atom is 0.140 e. The lowest BCUT2D eigenvalue weighted by Gasteiger charge is -2.40. The van der Waals surface area contributed by atoms with Gasteiger partial charge in [0.05, 0.1) is 15.8 Å². The maximum absolute atomic E-state index is 8.90. The number of nitrogens with two attached hydrogens (primary N) is 1. The zero-order valence-corrected chi connectivity index (χ0v) is 24.1. The summed E-state index contributed by atoms with van der Waals surface area (Å²) in [5, 5.41) is 9.02. The third kappa shape index (κ3) is 3.91. The van der Waals surface area contributed by atoms with E-state index in [-0.39, 0.29) is 5.37 Å². The Morgan fingerprint density at radius 3 is 1.93 bits per heavy atom. The van der Waals surface area contributed by atoms with Crippen LogP contribution in [0.25, 0.3) is 22.3 Å². The predicted molar refractivity (Wildman–Crippen MR) is 177 cm³/mol. The summed E-state index contributed by atoms with van der Waals surface area (Å²) >= 11 is 1.36. The second-order valence-electron chi connectivity index (χ2n) is 11.0. The van der Waals surface area contributed by atoms with E-state index in [9.17, 15) is 0 Å². The lowest BCUT2D eigenvalue weighted by Crippen LogP contribution is -2.32. The molecule has 0 saturated heterocycles. The zero-order chi connectivity index (χ0) is 29.0. The molecule has 206 valence electrons. The molecule has 0 aromatic heterocycles. The highest BCUT2D eigenvalue weighted by molar-refractivity contribution is 8.14. The van der Waals surface area contributed by atoms with Gasteiger partial charge in [-0.3, -0.25) is 5.41 Å². The summed E-state index contributed by atoms with van der Waals surface area (Å²) in [5.74, 6) is 1.72. The standard InChI is InChI=1S/C39H28N2OS/c40-37(25-12-2-1-3-13-25)43-38(41)27-15-10-14-26(24-27)28-18-11-22-34-36(28)42-35-23-9-8-21-33(35)39(34)31-19-6-4-16-29(31)30-17-5-7-20-32(30)39/h1-24,37,41H,40H2. The van der Waals surface area contributed by atoms with Crippen molar-refractivity contribution in [3.63, 3.8) is 0 Å². The Morgan fingerprint density at radius 2 is 1.19 bits per heavy atom. The van der Waals surface area contributed by atoms with Gasteiger partial charge >= 0.3 is 0 Å². The summed E-state index contributed by atoms with van der Waals surface area (Å²) < 4.78 is 6.82. The Morgan fingerprint density at radius 1 is 0.605 bits per heavy atom. The smallest absolute Gasteiger partial charge is 0.140 e. The van der Waals surface area contributed by atoms with Crippen LogP contribution in [-0.2, 0) is 5.41 Å². The Bertz CT molecular complexity index is 1990. The molecule has 0 bridgehead atoms. The average Bonchev–Trinajstić information content (AvgIpc) is 3.36. The first-order chi connectivity index (χ1) is 21.2. The molecule has 3 N–H and O–H groups in total. The highest BCUT2D eigenvalue weighted by atomic mass is 32.2. The minimum absolute atomic E-state index is 0.316. The summed E-state index contributed by atoms with van der Waals surface area (Å²) in [7, 11) is 0. The molecule has 43 heavy (non-hydrogen) atoms. The van der Waals surface area contributed by atoms with Crippen molar-refractivity contribution >= 4 is 16.8 Å². The summed E-state index contributed by atoms with van der Waals surface area (Å²) in [6, 6.07) is 50.5. The fourth-order valence-corrected chi connectivity index (χ4v) is 7.65. The van der Waals surface area contributed by atoms with E-state index < -0.39 is 5.41 Å². The Labute approximate surface area is 255 Å². The molecule has 2 aliphatic rings. The molecule has 1 aliphatic heterocycles. The van der Waals surface area contributed by atoms with Crippen molar-refractivity contribution in [3.8, 4) is 33.8 Å². The molecule has 0 amide bonds. The number of ether oxygens (including phenoxy) is 1. The fourth-order valence-electron chi connectivity index (χ4n) is 6.84. The lowest BCUT2D eigenvalue weighted by molar-refractivity contribution is 0.438. The highest BCUT2D eigenvalue weighted by Gasteiger charge is 2.51. The van der Waals surface area contributed by atoms with Gasteiger partial charge < -0.3 is 10.5 Å². The van der Waals surface area contributed by atoms with Crippen molar-refractivity contribution in [1.82, 2.24) is 0 Å². The molecule has 0 fully saturated rings. The molecule has 1 heterocycles. The van der Waals surface area contributed by atoms with Gasteiger partial charge in [0.25, 0.3) is 0 Å². The van der Waals surface area contributed by atoms with Crippen LogP contribution in [0.2, 0.25) is 0 Å². The quantitative estimate of drug-likeness (QED) is 0.125. The molecular weight excluding hydrogens is 545 g/mol. The topological polar surface area (TPSA) is 59.1 Å². The van der Waals surface area contributed by atoms with Crippen molar-refractivity contribution in [2.75, 3.05) is 0 Å². The Balaban J connectivity index is 1.29. The minimum atomic E-state index is -0.504. The van der Waals surface area contributed by atoms with E-state index >= 15 is 0 Å². The number of hydrogen-bond acceptors (Lipinski definition) is 4. The fraction of sp³-hybridized carbons (Fsp3) is 0.0513. The summed E-state index contributed by atoms with van der Waals surface area (Å²) in [6.45, 7) is 0. The van der Waals surface area contributed by atoms with Crippen LogP contribution in [0.1, 0.15) is 38.8 Å². The van der Waals surface area contributed by atoms with E-state index in [0.717, 1.165) is 44.9 Å². The van der Waals surface area contributed by atoms with Crippen LogP contribution in [0.4, 0.5) is 0 Å². The van der Waals surface area contributed by atoms with Gasteiger partial charge in [0.2, 0.25) is 0 Å². The summed E-state index contributed by atoms with van der Waals surface area (Å²) in [4.78, 5) is 0. The van der Waals surface area contributed by atoms with Gasteiger partial charge in [0.15, 0.2) is 0 Å². The molecular formula is C39H28N2OS. The van der Waals surface area contributed by atoms with Crippen LogP contribution in [0.5, 0.6) is 11.5 Å². The van der Waals surface area contributed by atoms with Crippen molar-refractivity contribution in [3.05, 3.63) is 179 Å². The summed E-state index contributed by atoms with van der Waals surface area (Å²) in [6.07, 6.45) is 0. The van der Waals surface area contributed by atoms with Crippen LogP contribution in [0, 0.1) is 5.41 Å². The normalized spacial score (nSPS) is 14.2. The second-order valence-corrected chi connectivity index (χ2v) is 12.1. The van der Waals surface area contributed by atoms with Crippen LogP contribution < -0.4 is 10.5 Å². The van der Waals surface area contributed by atoms with Crippen LogP contribution >= 0.6 is 11.8 Å². The van der Waals surface area contributed by atoms with Crippen molar-refractivity contribution < 1.29 is 4.74 Å². The van der Waals surface area contributed by atoms with Crippen molar-refractivity contribution in [2.24, 2.45) is 5.73 Å². The highest BCUT2D eigenvalue weighted by Crippen LogP contribution is 2.63. The molecule has 6 aromatic carbocycles. The van der Waals surface area contributed by atoms with Gasteiger partial charge in [-0.15, -0.1) is 0 Å². The zero-order valence-electron chi connectivity index (χ0n) is 23.3. The van der Waals surface area contributed by atoms with E-state index in [1.807, 2.05) is 48.5 Å². The number of fused-ring (bicyclic) bond motifs is 9. The molecule has 1 spiro atoms. The molecule has 4 heteroatoms. The van der Waals surface area contributed by atoms with Gasteiger partial charge in [-0.25, -0.2) is 0 Å². The molecule has 1 unspecified atom stereocenters. The van der Waals surface area contributed by atoms with Gasteiger partial charge in [0, 0.05) is 22.3 Å². The third-order valence-corrected chi connectivity index (χ3v) is 9.68. The van der Waals surface area contributed by atoms with Gasteiger partial charge in [-0.2, -0.15) is 0 Å². The monoisotopic (exact) mass is 572 g/mol. The molecule has 1 atom stereocenters. The Kier molecular flexibility index (Phi) is 6.07. The first kappa shape index (κ1) is 25.8. The largest absolute Gasteiger partial charge is 0.456 e. The maximum atomic E-state index is 8.90. The SMILES string of the molecule is N=C(SC(N)c1ccccc1)c1cccc(-c2cccc3c2Oc2ccccc2C32c3ccccc3-c3ccccc32)c1. The number of hydrogen-bond donors (Lipinski definition) is 2. The second kappa shape index (κ2) is 10.1. The van der Waals surface area contributed by atoms with Gasteiger partial charge in [0.1, 0.15) is 11.5 Å². The number of thioether (sulfide) groups is 1. The van der Waals surface area contributed by atoms with Crippen LogP contribution in [0.15, 0.2) is 146 Å². The molecule has 6 aromatic rings. The first-order valence-electron chi connectivity index (χ1n) is 14.4. The van der Waals surface area contributed by atoms with Gasteiger partial charge in [-0.05, 0) is 45.5 Å². The van der Waals surface area contributed by atoms with E-state index in [2.05, 4.69) is 97.1 Å². The molecule has 1 aliphatic carbocycles. The van der Waals surface area contributed by atoms with Crippen molar-refractivity contribution in [2.45, 2.75) is 10.8 Å². The Hall–Kier alpha value is -4.90. The van der Waals surface area contributed by atoms with Crippen molar-refractivity contribution in [1.29, 1.82) is 5.41 Å². The third-order valence-electron chi connectivity index (χ3n) is 8.68. The van der Waals surface area contributed by atoms with E-state index in [4.69, 9.17) is 15.9 Å². The summed E-state index contributed by atoms with van der Waals surface area (Å²) in [5.41, 5.74) is 17.1. The average molecular weight is 573 g/mol. The number of benzene rings is 6. The van der Waals surface area contributed by atoms with Gasteiger partial charge in [-0.1, -0.05) is 145 Å². The van der Waals surface area contributed by atoms with E-state index in [0.29, 0.717) is 5.04 Å². The predicted octanol–water partition coefficient (Wildman–Crippen LogP) is 9.54. The molecule has 0 saturated carbocycles. The minimum Gasteiger partial charge on any atom is -0.456 e. The molecule has 8 rings (SSSR count). The number of nitrogens with one attached hydrogen (secondary N) is 1. The van der Waals surface area contributed by atoms with Crippen LogP contribution in [0.3, 0.4) is 0 Å². The number of rotatable bonds is 4.